The molecule has 1 aliphatic carbocycles. The normalized spacial score (nSPS) is 14.8. The lowest BCUT2D eigenvalue weighted by molar-refractivity contribution is -0.129. The van der Waals surface area contributed by atoms with Crippen molar-refractivity contribution in [2.24, 2.45) is 5.92 Å². The molecule has 0 radical (unpaired) electrons. The molecule has 160 valence electrons. The van der Waals surface area contributed by atoms with Crippen LogP contribution < -0.4 is 5.32 Å². The monoisotopic (exact) mass is 430 g/mol. The molecule has 2 aromatic carbocycles. The zero-order chi connectivity index (χ0) is 21.9. The van der Waals surface area contributed by atoms with Gasteiger partial charge in [0.15, 0.2) is 0 Å². The molecular formula is C22H26N2O5S. The summed E-state index contributed by atoms with van der Waals surface area (Å²) in [6.07, 6.45) is 1.73. The third-order valence-electron chi connectivity index (χ3n) is 5.11. The lowest BCUT2D eigenvalue weighted by Crippen LogP contribution is -2.42. The number of hydrogen-bond donors (Lipinski definition) is 2. The number of aryl methyl sites for hydroxylation is 1. The van der Waals surface area contributed by atoms with Gasteiger partial charge in [-0.15, -0.1) is 0 Å². The van der Waals surface area contributed by atoms with Crippen molar-refractivity contribution < 1.29 is 23.1 Å². The number of nitrogens with zero attached hydrogens (tertiary/aromatic N) is 1. The Morgan fingerprint density at radius 3 is 2.20 bits per heavy atom. The van der Waals surface area contributed by atoms with E-state index >= 15 is 0 Å². The van der Waals surface area contributed by atoms with Crippen LogP contribution in [0.25, 0.3) is 0 Å². The van der Waals surface area contributed by atoms with Gasteiger partial charge in [-0.05, 0) is 55.5 Å². The number of hydrogen-bond acceptors (Lipinski definition) is 5. The molecule has 2 amide bonds. The lowest BCUT2D eigenvalue weighted by Gasteiger charge is -2.27. The minimum Gasteiger partial charge on any atom is -0.394 e. The van der Waals surface area contributed by atoms with Gasteiger partial charge in [-0.1, -0.05) is 29.8 Å². The van der Waals surface area contributed by atoms with E-state index in [-0.39, 0.29) is 23.3 Å². The quantitative estimate of drug-likeness (QED) is 0.670. The number of carbonyl (C=O) groups excluding carboxylic acids is 2. The summed E-state index contributed by atoms with van der Waals surface area (Å²) in [5.41, 5.74) is 2.30. The number of anilines is 1. The highest BCUT2D eigenvalue weighted by atomic mass is 32.2. The topological polar surface area (TPSA) is 104 Å². The predicted octanol–water partition coefficient (Wildman–Crippen LogP) is 2.66. The summed E-state index contributed by atoms with van der Waals surface area (Å²) in [4.78, 5) is 24.5. The molecule has 1 saturated carbocycles. The molecule has 0 aliphatic heterocycles. The molecular weight excluding hydrogens is 404 g/mol. The largest absolute Gasteiger partial charge is 0.394 e. The number of aliphatic hydroxyl groups is 1. The Bertz CT molecular complexity index is 1010. The maximum Gasteiger partial charge on any atom is 0.266 e. The lowest BCUT2D eigenvalue weighted by atomic mass is 9.92. The van der Waals surface area contributed by atoms with Crippen LogP contribution in [0, 0.1) is 12.8 Å². The fourth-order valence-corrected chi connectivity index (χ4v) is 4.86. The van der Waals surface area contributed by atoms with Crippen LogP contribution in [0.5, 0.6) is 0 Å². The summed E-state index contributed by atoms with van der Waals surface area (Å²) in [5, 5.41) is 12.0. The summed E-state index contributed by atoms with van der Waals surface area (Å²) in [5.74, 6) is -1.27. The number of amides is 2. The van der Waals surface area contributed by atoms with Crippen LogP contribution in [0.1, 0.15) is 36.8 Å². The average molecular weight is 431 g/mol. The molecule has 1 aliphatic rings. The highest BCUT2D eigenvalue weighted by Gasteiger charge is 2.42. The summed E-state index contributed by atoms with van der Waals surface area (Å²) in [7, 11) is -4.16. The first kappa shape index (κ1) is 22.0. The number of benzene rings is 2. The van der Waals surface area contributed by atoms with Crippen molar-refractivity contribution in [3.8, 4) is 0 Å². The standard InChI is InChI=1S/C22H26N2O5S/c1-15-3-5-17(6-4-15)21(18-7-8-18)22(27)24(13-14-25)30(28,29)20-11-9-19(10-12-20)23-16(2)26/h3-6,9-12,18,21,25H,7-8,13-14H2,1-2H3,(H,23,26). The Labute approximate surface area is 176 Å². The molecule has 30 heavy (non-hydrogen) atoms. The third-order valence-corrected chi connectivity index (χ3v) is 6.92. The molecule has 0 bridgehead atoms. The molecule has 0 aromatic heterocycles. The fraction of sp³-hybridized carbons (Fsp3) is 0.364. The number of nitrogens with one attached hydrogen (secondary N) is 1. The fourth-order valence-electron chi connectivity index (χ4n) is 3.46. The van der Waals surface area contributed by atoms with E-state index < -0.39 is 28.5 Å². The molecule has 0 saturated heterocycles. The van der Waals surface area contributed by atoms with Gasteiger partial charge in [0.2, 0.25) is 11.8 Å². The molecule has 0 spiro atoms. The van der Waals surface area contributed by atoms with Gasteiger partial charge in [-0.25, -0.2) is 12.7 Å². The van der Waals surface area contributed by atoms with Gasteiger partial charge in [0.05, 0.1) is 24.0 Å². The molecule has 2 N–H and O–H groups in total. The first-order valence-corrected chi connectivity index (χ1v) is 11.3. The Morgan fingerprint density at radius 2 is 1.70 bits per heavy atom. The van der Waals surface area contributed by atoms with Crippen LogP contribution in [0.4, 0.5) is 5.69 Å². The summed E-state index contributed by atoms with van der Waals surface area (Å²) >= 11 is 0. The molecule has 3 rings (SSSR count). The van der Waals surface area contributed by atoms with Crippen LogP contribution >= 0.6 is 0 Å². The van der Waals surface area contributed by atoms with Gasteiger partial charge in [-0.2, -0.15) is 0 Å². The van der Waals surface area contributed by atoms with Gasteiger partial charge >= 0.3 is 0 Å². The minimum atomic E-state index is -4.16. The Balaban J connectivity index is 1.93. The Hall–Kier alpha value is -2.71. The molecule has 0 heterocycles. The van der Waals surface area contributed by atoms with Gasteiger partial charge in [0, 0.05) is 12.6 Å². The summed E-state index contributed by atoms with van der Waals surface area (Å²) in [6.45, 7) is 2.52. The molecule has 8 heteroatoms. The van der Waals surface area contributed by atoms with E-state index in [1.54, 1.807) is 0 Å². The van der Waals surface area contributed by atoms with Gasteiger partial charge < -0.3 is 10.4 Å². The van der Waals surface area contributed by atoms with E-state index in [4.69, 9.17) is 0 Å². The number of carbonyl (C=O) groups is 2. The van der Waals surface area contributed by atoms with E-state index in [1.165, 1.54) is 31.2 Å². The van der Waals surface area contributed by atoms with Crippen LogP contribution in [-0.2, 0) is 19.6 Å². The number of aliphatic hydroxyl groups excluding tert-OH is 1. The molecule has 1 unspecified atom stereocenters. The van der Waals surface area contributed by atoms with Crippen molar-refractivity contribution in [2.45, 2.75) is 37.5 Å². The zero-order valence-corrected chi connectivity index (χ0v) is 17.9. The SMILES string of the molecule is CC(=O)Nc1ccc(S(=O)(=O)N(CCO)C(=O)C(c2ccc(C)cc2)C2CC2)cc1. The first-order chi connectivity index (χ1) is 14.2. The van der Waals surface area contributed by atoms with Crippen LogP contribution in [0.15, 0.2) is 53.4 Å². The first-order valence-electron chi connectivity index (χ1n) is 9.85. The molecule has 7 nitrogen and oxygen atoms in total. The highest BCUT2D eigenvalue weighted by Crippen LogP contribution is 2.44. The maximum absolute atomic E-state index is 13.4. The zero-order valence-electron chi connectivity index (χ0n) is 17.0. The summed E-state index contributed by atoms with van der Waals surface area (Å²) < 4.78 is 27.3. The average Bonchev–Trinajstić information content (AvgIpc) is 3.52. The highest BCUT2D eigenvalue weighted by molar-refractivity contribution is 7.89. The van der Waals surface area contributed by atoms with Gasteiger partial charge in [0.1, 0.15) is 0 Å². The van der Waals surface area contributed by atoms with Crippen LogP contribution in [0.3, 0.4) is 0 Å². The second-order valence-electron chi connectivity index (χ2n) is 7.57. The van der Waals surface area contributed by atoms with Crippen molar-refractivity contribution >= 4 is 27.5 Å². The Kier molecular flexibility index (Phi) is 6.58. The van der Waals surface area contributed by atoms with Crippen molar-refractivity contribution in [3.05, 3.63) is 59.7 Å². The molecule has 1 atom stereocenters. The van der Waals surface area contributed by atoms with E-state index in [0.717, 1.165) is 28.3 Å². The van der Waals surface area contributed by atoms with E-state index in [1.807, 2.05) is 31.2 Å². The van der Waals surface area contributed by atoms with Crippen LogP contribution in [-0.4, -0.2) is 42.8 Å². The molecule has 1 fully saturated rings. The number of rotatable bonds is 8. The third kappa shape index (κ3) is 4.88. The minimum absolute atomic E-state index is 0.0724. The van der Waals surface area contributed by atoms with Crippen molar-refractivity contribution in [2.75, 3.05) is 18.5 Å². The van der Waals surface area contributed by atoms with Crippen molar-refractivity contribution in [1.29, 1.82) is 0 Å². The molecule has 2 aromatic rings. The van der Waals surface area contributed by atoms with Crippen molar-refractivity contribution in [1.82, 2.24) is 4.31 Å². The smallest absolute Gasteiger partial charge is 0.266 e. The second-order valence-corrected chi connectivity index (χ2v) is 9.43. The van der Waals surface area contributed by atoms with E-state index in [2.05, 4.69) is 5.32 Å². The van der Waals surface area contributed by atoms with E-state index in [9.17, 15) is 23.1 Å². The Morgan fingerprint density at radius 1 is 1.10 bits per heavy atom. The van der Waals surface area contributed by atoms with Crippen molar-refractivity contribution in [3.63, 3.8) is 0 Å². The summed E-state index contributed by atoms with van der Waals surface area (Å²) in [6, 6.07) is 13.2. The van der Waals surface area contributed by atoms with Gasteiger partial charge in [-0.3, -0.25) is 9.59 Å². The predicted molar refractivity (Wildman–Crippen MR) is 113 cm³/mol. The second kappa shape index (κ2) is 8.97. The van der Waals surface area contributed by atoms with Crippen LogP contribution in [0.2, 0.25) is 0 Å². The van der Waals surface area contributed by atoms with Gasteiger partial charge in [0.25, 0.3) is 10.0 Å². The number of sulfonamides is 1. The van der Waals surface area contributed by atoms with E-state index in [0.29, 0.717) is 5.69 Å². The maximum atomic E-state index is 13.4.